The summed E-state index contributed by atoms with van der Waals surface area (Å²) in [5.41, 5.74) is 7.69. The lowest BCUT2D eigenvalue weighted by molar-refractivity contribution is 0.414. The Bertz CT molecular complexity index is 642. The molecule has 2 rings (SSSR count). The van der Waals surface area contributed by atoms with Gasteiger partial charge in [0.1, 0.15) is 5.52 Å². The van der Waals surface area contributed by atoms with Gasteiger partial charge < -0.3 is 20.9 Å². The fourth-order valence-electron chi connectivity index (χ4n) is 2.46. The summed E-state index contributed by atoms with van der Waals surface area (Å²) in [6.07, 6.45) is 6.20. The number of nitrogen functional groups attached to an aromatic ring is 1. The quantitative estimate of drug-likeness (QED) is 0.611. The Balaban J connectivity index is 1.97. The first kappa shape index (κ1) is 18.4. The SMILES string of the molecule is CCCCNc1nc(N)c2ncn(CCCCNC(C)(C)C)c2n1. The third-order valence-corrected chi connectivity index (χ3v) is 3.79. The van der Waals surface area contributed by atoms with Crippen molar-refractivity contribution in [1.82, 2.24) is 24.8 Å². The van der Waals surface area contributed by atoms with Crippen LogP contribution in [-0.2, 0) is 6.54 Å². The van der Waals surface area contributed by atoms with Gasteiger partial charge in [0.15, 0.2) is 11.5 Å². The van der Waals surface area contributed by atoms with Gasteiger partial charge in [-0.1, -0.05) is 13.3 Å². The molecule has 2 aromatic heterocycles. The van der Waals surface area contributed by atoms with Crippen molar-refractivity contribution in [3.63, 3.8) is 0 Å². The molecule has 0 aromatic carbocycles. The molecule has 4 N–H and O–H groups in total. The van der Waals surface area contributed by atoms with Crippen LogP contribution in [-0.4, -0.2) is 38.1 Å². The van der Waals surface area contributed by atoms with E-state index >= 15 is 0 Å². The van der Waals surface area contributed by atoms with E-state index in [1.807, 2.05) is 6.33 Å². The van der Waals surface area contributed by atoms with Crippen molar-refractivity contribution in [3.05, 3.63) is 6.33 Å². The Kier molecular flexibility index (Phi) is 6.36. The number of nitrogens with one attached hydrogen (secondary N) is 2. The highest BCUT2D eigenvalue weighted by Gasteiger charge is 2.11. The second kappa shape index (κ2) is 8.28. The number of aromatic nitrogens is 4. The molecule has 0 spiro atoms. The minimum atomic E-state index is 0.169. The standard InChI is InChI=1S/C17H31N7/c1-5-6-9-19-16-22-14(18)13-15(23-16)24(12-20-13)11-8-7-10-21-17(2,3)4/h12,21H,5-11H2,1-4H3,(H3,18,19,22,23). The van der Waals surface area contributed by atoms with Gasteiger partial charge in [0, 0.05) is 18.6 Å². The van der Waals surface area contributed by atoms with Crippen molar-refractivity contribution in [3.8, 4) is 0 Å². The first-order valence-electron chi connectivity index (χ1n) is 8.88. The number of anilines is 2. The molecule has 0 amide bonds. The number of hydrogen-bond acceptors (Lipinski definition) is 6. The van der Waals surface area contributed by atoms with E-state index in [1.54, 1.807) is 0 Å². The largest absolute Gasteiger partial charge is 0.382 e. The van der Waals surface area contributed by atoms with E-state index in [0.29, 0.717) is 17.3 Å². The molecule has 0 aliphatic heterocycles. The van der Waals surface area contributed by atoms with Crippen LogP contribution < -0.4 is 16.4 Å². The number of fused-ring (bicyclic) bond motifs is 1. The molecule has 0 unspecified atom stereocenters. The van der Waals surface area contributed by atoms with Crippen LogP contribution in [0.1, 0.15) is 53.4 Å². The van der Waals surface area contributed by atoms with Gasteiger partial charge in [0.25, 0.3) is 0 Å². The Morgan fingerprint density at radius 3 is 2.62 bits per heavy atom. The van der Waals surface area contributed by atoms with Gasteiger partial charge in [-0.15, -0.1) is 0 Å². The van der Waals surface area contributed by atoms with Gasteiger partial charge in [0.05, 0.1) is 6.33 Å². The molecule has 24 heavy (non-hydrogen) atoms. The number of rotatable bonds is 9. The van der Waals surface area contributed by atoms with E-state index in [-0.39, 0.29) is 5.54 Å². The average molecular weight is 333 g/mol. The third-order valence-electron chi connectivity index (χ3n) is 3.79. The van der Waals surface area contributed by atoms with Crippen molar-refractivity contribution in [1.29, 1.82) is 0 Å². The number of imidazole rings is 1. The lowest BCUT2D eigenvalue weighted by Gasteiger charge is -2.20. The van der Waals surface area contributed by atoms with Crippen molar-refractivity contribution in [2.45, 2.75) is 65.5 Å². The van der Waals surface area contributed by atoms with E-state index in [1.165, 1.54) is 0 Å². The molecule has 7 nitrogen and oxygen atoms in total. The third kappa shape index (κ3) is 5.33. The normalized spacial score (nSPS) is 12.0. The Labute approximate surface area is 144 Å². The highest BCUT2D eigenvalue weighted by Crippen LogP contribution is 2.18. The Morgan fingerprint density at radius 2 is 1.92 bits per heavy atom. The molecule has 7 heteroatoms. The van der Waals surface area contributed by atoms with Gasteiger partial charge in [-0.05, 0) is 46.6 Å². The highest BCUT2D eigenvalue weighted by atomic mass is 15.2. The molecule has 0 saturated heterocycles. The number of nitrogens with two attached hydrogens (primary N) is 1. The van der Waals surface area contributed by atoms with Gasteiger partial charge in [-0.3, -0.25) is 0 Å². The summed E-state index contributed by atoms with van der Waals surface area (Å²) in [5.74, 6) is 1.02. The lowest BCUT2D eigenvalue weighted by Crippen LogP contribution is -2.36. The molecule has 134 valence electrons. The number of aryl methyl sites for hydroxylation is 1. The van der Waals surface area contributed by atoms with Crippen LogP contribution in [0.5, 0.6) is 0 Å². The molecule has 0 atom stereocenters. The first-order valence-corrected chi connectivity index (χ1v) is 8.88. The zero-order valence-electron chi connectivity index (χ0n) is 15.4. The van der Waals surface area contributed by atoms with Crippen LogP contribution in [0.2, 0.25) is 0 Å². The molecule has 0 aliphatic rings. The van der Waals surface area contributed by atoms with Crippen LogP contribution >= 0.6 is 0 Å². The number of unbranched alkanes of at least 4 members (excludes halogenated alkanes) is 2. The monoisotopic (exact) mass is 333 g/mol. The smallest absolute Gasteiger partial charge is 0.226 e. The van der Waals surface area contributed by atoms with Crippen molar-refractivity contribution in [2.75, 3.05) is 24.1 Å². The van der Waals surface area contributed by atoms with E-state index in [4.69, 9.17) is 5.73 Å². The Morgan fingerprint density at radius 1 is 1.12 bits per heavy atom. The van der Waals surface area contributed by atoms with Crippen molar-refractivity contribution < 1.29 is 0 Å². The summed E-state index contributed by atoms with van der Waals surface area (Å²) in [6, 6.07) is 0. The topological polar surface area (TPSA) is 93.7 Å². The van der Waals surface area contributed by atoms with Crippen molar-refractivity contribution in [2.24, 2.45) is 0 Å². The predicted molar refractivity (Wildman–Crippen MR) is 100 cm³/mol. The van der Waals surface area contributed by atoms with E-state index < -0.39 is 0 Å². The van der Waals surface area contributed by atoms with Gasteiger partial charge in [0.2, 0.25) is 5.95 Å². The molecular formula is C17H31N7. The van der Waals surface area contributed by atoms with Crippen LogP contribution in [0.25, 0.3) is 11.2 Å². The van der Waals surface area contributed by atoms with Crippen LogP contribution in [0.4, 0.5) is 11.8 Å². The van der Waals surface area contributed by atoms with Crippen LogP contribution in [0.15, 0.2) is 6.33 Å². The maximum Gasteiger partial charge on any atom is 0.226 e. The first-order chi connectivity index (χ1) is 11.4. The summed E-state index contributed by atoms with van der Waals surface area (Å²) in [5, 5.41) is 6.74. The second-order valence-corrected chi connectivity index (χ2v) is 7.21. The van der Waals surface area contributed by atoms with Crippen LogP contribution in [0, 0.1) is 0 Å². The van der Waals surface area contributed by atoms with Crippen molar-refractivity contribution >= 4 is 22.9 Å². The molecule has 0 bridgehead atoms. The fourth-order valence-corrected chi connectivity index (χ4v) is 2.46. The molecule has 0 aliphatic carbocycles. The summed E-state index contributed by atoms with van der Waals surface area (Å²) < 4.78 is 2.06. The zero-order chi connectivity index (χ0) is 17.6. The number of nitrogens with zero attached hydrogens (tertiary/aromatic N) is 4. The Hall–Kier alpha value is -1.89. The molecule has 0 radical (unpaired) electrons. The van der Waals surface area contributed by atoms with E-state index in [9.17, 15) is 0 Å². The molecular weight excluding hydrogens is 302 g/mol. The van der Waals surface area contributed by atoms with Gasteiger partial charge in [-0.25, -0.2) is 4.98 Å². The summed E-state index contributed by atoms with van der Waals surface area (Å²) >= 11 is 0. The summed E-state index contributed by atoms with van der Waals surface area (Å²) in [4.78, 5) is 13.2. The minimum Gasteiger partial charge on any atom is -0.382 e. The summed E-state index contributed by atoms with van der Waals surface area (Å²) in [7, 11) is 0. The van der Waals surface area contributed by atoms with Gasteiger partial charge >= 0.3 is 0 Å². The second-order valence-electron chi connectivity index (χ2n) is 7.21. The highest BCUT2D eigenvalue weighted by molar-refractivity contribution is 5.82. The molecule has 0 saturated carbocycles. The molecule has 0 fully saturated rings. The summed E-state index contributed by atoms with van der Waals surface area (Å²) in [6.45, 7) is 11.5. The van der Waals surface area contributed by atoms with Gasteiger partial charge in [-0.2, -0.15) is 9.97 Å². The predicted octanol–water partition coefficient (Wildman–Crippen LogP) is 2.79. The lowest BCUT2D eigenvalue weighted by atomic mass is 10.1. The number of hydrogen-bond donors (Lipinski definition) is 3. The fraction of sp³-hybridized carbons (Fsp3) is 0.706. The van der Waals surface area contributed by atoms with E-state index in [0.717, 1.165) is 51.0 Å². The molecule has 2 aromatic rings. The van der Waals surface area contributed by atoms with Crippen LogP contribution in [0.3, 0.4) is 0 Å². The molecule has 2 heterocycles. The minimum absolute atomic E-state index is 0.169. The zero-order valence-corrected chi connectivity index (χ0v) is 15.4. The average Bonchev–Trinajstić information content (AvgIpc) is 2.90. The van der Waals surface area contributed by atoms with E-state index in [2.05, 4.69) is 57.8 Å². The maximum atomic E-state index is 6.02. The maximum absolute atomic E-state index is 6.02.